The second-order valence-corrected chi connectivity index (χ2v) is 4.45. The van der Waals surface area contributed by atoms with Crippen LogP contribution in [-0.4, -0.2) is 28.1 Å². The van der Waals surface area contributed by atoms with Gasteiger partial charge in [-0.2, -0.15) is 0 Å². The molecule has 0 fully saturated rings. The summed E-state index contributed by atoms with van der Waals surface area (Å²) in [5, 5.41) is 22.0. The number of fused-ring (bicyclic) bond motifs is 1. The van der Waals surface area contributed by atoms with Crippen LogP contribution in [0.1, 0.15) is 15.9 Å². The maximum Gasteiger partial charge on any atom is 0.335 e. The number of carbonyl (C=O) groups is 1. The zero-order valence-electron chi connectivity index (χ0n) is 10.4. The summed E-state index contributed by atoms with van der Waals surface area (Å²) in [7, 11) is 0. The third-order valence-corrected chi connectivity index (χ3v) is 3.11. The van der Waals surface area contributed by atoms with E-state index >= 15 is 0 Å². The Balaban J connectivity index is 2.09. The van der Waals surface area contributed by atoms with E-state index in [9.17, 15) is 9.90 Å². The van der Waals surface area contributed by atoms with Crippen LogP contribution in [0, 0.1) is 0 Å². The van der Waals surface area contributed by atoms with Gasteiger partial charge in [-0.15, -0.1) is 0 Å². The van der Waals surface area contributed by atoms with Crippen molar-refractivity contribution in [3.8, 4) is 0 Å². The maximum atomic E-state index is 11.0. The number of aliphatic hydroxyl groups excluding tert-OH is 1. The van der Waals surface area contributed by atoms with E-state index in [0.29, 0.717) is 17.1 Å². The second kappa shape index (κ2) is 4.79. The number of benzene rings is 2. The molecule has 2 aromatic carbocycles. The highest BCUT2D eigenvalue weighted by molar-refractivity contribution is 6.08. The molecule has 1 unspecified atom stereocenters. The van der Waals surface area contributed by atoms with Crippen molar-refractivity contribution in [1.82, 2.24) is 0 Å². The number of aromatic carboxylic acids is 1. The Morgan fingerprint density at radius 1 is 1.15 bits per heavy atom. The summed E-state index contributed by atoms with van der Waals surface area (Å²) < 4.78 is 0. The van der Waals surface area contributed by atoms with E-state index in [4.69, 9.17) is 5.11 Å². The van der Waals surface area contributed by atoms with Crippen molar-refractivity contribution in [2.75, 3.05) is 5.32 Å². The van der Waals surface area contributed by atoms with E-state index in [1.165, 1.54) is 12.1 Å². The minimum Gasteiger partial charge on any atom is -0.478 e. The Labute approximate surface area is 115 Å². The number of carboxylic acids is 1. The van der Waals surface area contributed by atoms with Crippen molar-refractivity contribution in [1.29, 1.82) is 0 Å². The van der Waals surface area contributed by atoms with E-state index in [-0.39, 0.29) is 5.56 Å². The maximum absolute atomic E-state index is 11.0. The Morgan fingerprint density at radius 3 is 2.60 bits per heavy atom. The summed E-state index contributed by atoms with van der Waals surface area (Å²) in [6.45, 7) is 0. The number of hydrogen-bond acceptors (Lipinski definition) is 4. The van der Waals surface area contributed by atoms with Gasteiger partial charge >= 0.3 is 5.97 Å². The fourth-order valence-corrected chi connectivity index (χ4v) is 2.12. The highest BCUT2D eigenvalue weighted by Gasteiger charge is 2.22. The molecule has 0 saturated heterocycles. The summed E-state index contributed by atoms with van der Waals surface area (Å²) >= 11 is 0. The fourth-order valence-electron chi connectivity index (χ4n) is 2.12. The lowest BCUT2D eigenvalue weighted by Crippen LogP contribution is -2.32. The van der Waals surface area contributed by atoms with Gasteiger partial charge in [-0.1, -0.05) is 30.3 Å². The van der Waals surface area contributed by atoms with Crippen LogP contribution < -0.4 is 5.32 Å². The molecule has 5 nitrogen and oxygen atoms in total. The molecule has 0 spiro atoms. The molecule has 0 saturated carbocycles. The molecule has 1 atom stereocenters. The van der Waals surface area contributed by atoms with Crippen LogP contribution in [0.15, 0.2) is 53.5 Å². The first-order valence-corrected chi connectivity index (χ1v) is 6.11. The molecule has 0 bridgehead atoms. The number of anilines is 1. The van der Waals surface area contributed by atoms with Gasteiger partial charge in [-0.05, 0) is 18.2 Å². The van der Waals surface area contributed by atoms with Crippen molar-refractivity contribution >= 4 is 23.1 Å². The summed E-state index contributed by atoms with van der Waals surface area (Å²) in [5.41, 5.74) is 2.55. The van der Waals surface area contributed by atoms with E-state index in [1.54, 1.807) is 6.07 Å². The molecular weight excluding hydrogens is 256 g/mol. The van der Waals surface area contributed by atoms with Gasteiger partial charge in [-0.25, -0.2) is 9.79 Å². The van der Waals surface area contributed by atoms with Gasteiger partial charge < -0.3 is 15.5 Å². The van der Waals surface area contributed by atoms with E-state index in [1.807, 2.05) is 30.3 Å². The van der Waals surface area contributed by atoms with E-state index in [0.717, 1.165) is 5.56 Å². The molecule has 1 aliphatic rings. The first kappa shape index (κ1) is 12.4. The lowest BCUT2D eigenvalue weighted by Gasteiger charge is -2.23. The average molecular weight is 268 g/mol. The highest BCUT2D eigenvalue weighted by atomic mass is 16.4. The molecule has 0 radical (unpaired) electrons. The molecule has 20 heavy (non-hydrogen) atoms. The Hall–Kier alpha value is -2.66. The zero-order valence-corrected chi connectivity index (χ0v) is 10.4. The number of nitrogens with zero attached hydrogens (tertiary/aromatic N) is 1. The molecule has 5 heteroatoms. The van der Waals surface area contributed by atoms with Gasteiger partial charge in [0.2, 0.25) is 0 Å². The highest BCUT2D eigenvalue weighted by Crippen LogP contribution is 2.31. The van der Waals surface area contributed by atoms with Gasteiger partial charge in [0.25, 0.3) is 0 Å². The number of aliphatic imine (C=N–C) groups is 1. The zero-order chi connectivity index (χ0) is 14.1. The van der Waals surface area contributed by atoms with Crippen molar-refractivity contribution in [2.24, 2.45) is 4.99 Å². The van der Waals surface area contributed by atoms with Crippen LogP contribution in [0.2, 0.25) is 0 Å². The Morgan fingerprint density at radius 2 is 1.90 bits per heavy atom. The molecule has 0 aromatic heterocycles. The third kappa shape index (κ3) is 2.15. The van der Waals surface area contributed by atoms with Crippen molar-refractivity contribution in [2.45, 2.75) is 6.23 Å². The summed E-state index contributed by atoms with van der Waals surface area (Å²) in [6.07, 6.45) is -0.916. The monoisotopic (exact) mass is 268 g/mol. The summed E-state index contributed by atoms with van der Waals surface area (Å²) in [4.78, 5) is 15.4. The van der Waals surface area contributed by atoms with Crippen LogP contribution in [0.4, 0.5) is 11.4 Å². The van der Waals surface area contributed by atoms with Crippen molar-refractivity contribution in [3.63, 3.8) is 0 Å². The van der Waals surface area contributed by atoms with Crippen LogP contribution in [0.3, 0.4) is 0 Å². The number of aliphatic hydroxyl groups is 1. The average Bonchev–Trinajstić information content (AvgIpc) is 2.47. The Bertz CT molecular complexity index is 696. The quantitative estimate of drug-likeness (QED) is 0.780. The number of rotatable bonds is 2. The molecule has 2 aromatic rings. The predicted molar refractivity (Wildman–Crippen MR) is 75.7 cm³/mol. The largest absolute Gasteiger partial charge is 0.478 e. The second-order valence-electron chi connectivity index (χ2n) is 4.45. The molecule has 100 valence electrons. The number of hydrogen-bond donors (Lipinski definition) is 3. The summed E-state index contributed by atoms with van der Waals surface area (Å²) in [6, 6.07) is 13.8. The fraction of sp³-hybridized carbons (Fsp3) is 0.0667. The van der Waals surface area contributed by atoms with E-state index < -0.39 is 12.2 Å². The predicted octanol–water partition coefficient (Wildman–Crippen LogP) is 2.25. The lowest BCUT2D eigenvalue weighted by molar-refractivity contribution is 0.0697. The molecular formula is C15H12N2O3. The molecule has 0 aliphatic carbocycles. The minimum atomic E-state index is -1.00. The van der Waals surface area contributed by atoms with Gasteiger partial charge in [-0.3, -0.25) is 0 Å². The SMILES string of the molecule is O=C(O)c1ccc2c(c1)N=C(c1ccccc1)C(O)N2. The van der Waals surface area contributed by atoms with Crippen molar-refractivity contribution in [3.05, 3.63) is 59.7 Å². The van der Waals surface area contributed by atoms with Crippen molar-refractivity contribution < 1.29 is 15.0 Å². The topological polar surface area (TPSA) is 81.9 Å². The molecule has 1 heterocycles. The smallest absolute Gasteiger partial charge is 0.335 e. The number of carboxylic acid groups (broad SMARTS) is 1. The van der Waals surface area contributed by atoms with Crippen LogP contribution in [0.25, 0.3) is 0 Å². The first-order chi connectivity index (χ1) is 9.65. The molecule has 3 N–H and O–H groups in total. The lowest BCUT2D eigenvalue weighted by atomic mass is 10.1. The molecule has 1 aliphatic heterocycles. The third-order valence-electron chi connectivity index (χ3n) is 3.11. The van der Waals surface area contributed by atoms with Gasteiger partial charge in [0.05, 0.1) is 22.6 Å². The number of nitrogens with one attached hydrogen (secondary N) is 1. The molecule has 3 rings (SSSR count). The van der Waals surface area contributed by atoms with E-state index in [2.05, 4.69) is 10.3 Å². The van der Waals surface area contributed by atoms with Crippen LogP contribution in [0.5, 0.6) is 0 Å². The van der Waals surface area contributed by atoms with Gasteiger partial charge in [0.1, 0.15) is 0 Å². The van der Waals surface area contributed by atoms with Gasteiger partial charge in [0.15, 0.2) is 6.23 Å². The first-order valence-electron chi connectivity index (χ1n) is 6.11. The molecule has 0 amide bonds. The summed E-state index contributed by atoms with van der Waals surface area (Å²) in [5.74, 6) is -1.00. The Kier molecular flexibility index (Phi) is 2.96. The normalized spacial score (nSPS) is 16.9. The van der Waals surface area contributed by atoms with Crippen LogP contribution in [-0.2, 0) is 0 Å². The van der Waals surface area contributed by atoms with Gasteiger partial charge in [0, 0.05) is 5.56 Å². The standard InChI is InChI=1S/C15H12N2O3/c18-14-13(9-4-2-1-3-5-9)16-12-8-10(15(19)20)6-7-11(12)17-14/h1-8,14,17-18H,(H,19,20). The van der Waals surface area contributed by atoms with Crippen LogP contribution >= 0.6 is 0 Å². The minimum absolute atomic E-state index is 0.165.